The molecular formula is C27H22Cl2N2O3S. The molecular weight excluding hydrogens is 503 g/mol. The van der Waals surface area contributed by atoms with Crippen LogP contribution >= 0.6 is 34.5 Å². The fourth-order valence-electron chi connectivity index (χ4n) is 4.53. The number of fused-ring (bicyclic) bond motifs is 2. The molecule has 2 aromatic heterocycles. The Labute approximate surface area is 217 Å². The summed E-state index contributed by atoms with van der Waals surface area (Å²) in [6.07, 6.45) is 2.68. The third-order valence-electron chi connectivity index (χ3n) is 6.30. The maximum absolute atomic E-state index is 13.7. The number of methoxy groups -OCH3 is 1. The van der Waals surface area contributed by atoms with Gasteiger partial charge in [-0.1, -0.05) is 48.3 Å². The Bertz CT molecular complexity index is 1480. The number of carbonyl (C=O) groups excluding carboxylic acids is 2. The summed E-state index contributed by atoms with van der Waals surface area (Å²) in [6, 6.07) is 14.3. The van der Waals surface area contributed by atoms with Gasteiger partial charge in [0.1, 0.15) is 5.00 Å². The molecule has 178 valence electrons. The van der Waals surface area contributed by atoms with Crippen LogP contribution in [0.3, 0.4) is 0 Å². The minimum Gasteiger partial charge on any atom is -0.465 e. The van der Waals surface area contributed by atoms with Gasteiger partial charge in [-0.15, -0.1) is 11.3 Å². The highest BCUT2D eigenvalue weighted by Gasteiger charge is 2.29. The first-order valence-corrected chi connectivity index (χ1v) is 12.8. The van der Waals surface area contributed by atoms with Crippen LogP contribution in [0.5, 0.6) is 0 Å². The molecule has 0 saturated carbocycles. The van der Waals surface area contributed by atoms with Crippen molar-refractivity contribution in [3.05, 3.63) is 80.1 Å². The summed E-state index contributed by atoms with van der Waals surface area (Å²) in [5.74, 6) is -0.224. The van der Waals surface area contributed by atoms with Crippen molar-refractivity contribution >= 4 is 62.3 Å². The summed E-state index contributed by atoms with van der Waals surface area (Å²) < 4.78 is 5.07. The summed E-state index contributed by atoms with van der Waals surface area (Å²) >= 11 is 14.0. The van der Waals surface area contributed by atoms with Gasteiger partial charge >= 0.3 is 5.97 Å². The average molecular weight is 525 g/mol. The summed E-state index contributed by atoms with van der Waals surface area (Å²) in [4.78, 5) is 32.2. The minimum atomic E-state index is -0.430. The molecule has 4 aromatic rings. The number of thiophene rings is 1. The number of nitrogens with zero attached hydrogens (tertiary/aromatic N) is 1. The molecule has 0 saturated heterocycles. The topological polar surface area (TPSA) is 68.3 Å². The van der Waals surface area contributed by atoms with Crippen LogP contribution in [0.4, 0.5) is 5.00 Å². The second-order valence-electron chi connectivity index (χ2n) is 8.70. The number of benzene rings is 2. The van der Waals surface area contributed by atoms with Gasteiger partial charge in [0.25, 0.3) is 5.91 Å². The van der Waals surface area contributed by atoms with E-state index in [9.17, 15) is 9.59 Å². The maximum atomic E-state index is 13.7. The second kappa shape index (κ2) is 9.61. The standard InChI is InChI=1S/C27H22Cl2N2O3S/c1-14-7-9-18-23(11-14)35-26(24(18)27(33)34-2)31-25(32)19-13-22(17-10-8-15(28)12-20(17)29)30-21-6-4-3-5-16(19)21/h3-6,8,10,12-14H,7,9,11H2,1-2H3,(H,31,32). The van der Waals surface area contributed by atoms with Gasteiger partial charge in [-0.3, -0.25) is 4.79 Å². The lowest BCUT2D eigenvalue weighted by Crippen LogP contribution is -2.16. The van der Waals surface area contributed by atoms with E-state index in [-0.39, 0.29) is 5.91 Å². The zero-order valence-corrected chi connectivity index (χ0v) is 21.5. The quantitative estimate of drug-likeness (QED) is 0.281. The van der Waals surface area contributed by atoms with Crippen molar-refractivity contribution in [2.45, 2.75) is 26.2 Å². The van der Waals surface area contributed by atoms with E-state index in [0.29, 0.717) is 54.3 Å². The molecule has 5 nitrogen and oxygen atoms in total. The first kappa shape index (κ1) is 23.8. The summed E-state index contributed by atoms with van der Waals surface area (Å²) in [6.45, 7) is 2.20. The second-order valence-corrected chi connectivity index (χ2v) is 10.6. The fourth-order valence-corrected chi connectivity index (χ4v) is 6.42. The predicted molar refractivity (Wildman–Crippen MR) is 142 cm³/mol. The molecule has 1 N–H and O–H groups in total. The van der Waals surface area contributed by atoms with Gasteiger partial charge in [-0.25, -0.2) is 9.78 Å². The molecule has 2 heterocycles. The SMILES string of the molecule is COC(=O)c1c(NC(=O)c2cc(-c3ccc(Cl)cc3Cl)nc3ccccc23)sc2c1CCC(C)C2. The lowest BCUT2D eigenvalue weighted by molar-refractivity contribution is 0.0601. The Morgan fingerprint density at radius 2 is 1.94 bits per heavy atom. The number of para-hydroxylation sites is 1. The van der Waals surface area contributed by atoms with E-state index in [4.69, 9.17) is 32.9 Å². The van der Waals surface area contributed by atoms with Gasteiger partial charge < -0.3 is 10.1 Å². The Balaban J connectivity index is 1.60. The fraction of sp³-hybridized carbons (Fsp3) is 0.222. The molecule has 1 aliphatic carbocycles. The first-order chi connectivity index (χ1) is 16.9. The van der Waals surface area contributed by atoms with Crippen LogP contribution in [-0.2, 0) is 17.6 Å². The molecule has 0 bridgehead atoms. The summed E-state index contributed by atoms with van der Waals surface area (Å²) in [5.41, 5.74) is 3.78. The van der Waals surface area contributed by atoms with Gasteiger partial charge in [-0.2, -0.15) is 0 Å². The number of hydrogen-bond donors (Lipinski definition) is 1. The van der Waals surface area contributed by atoms with E-state index >= 15 is 0 Å². The lowest BCUT2D eigenvalue weighted by Gasteiger charge is -2.18. The molecule has 1 unspecified atom stereocenters. The molecule has 0 spiro atoms. The highest BCUT2D eigenvalue weighted by atomic mass is 35.5. The zero-order valence-electron chi connectivity index (χ0n) is 19.2. The monoisotopic (exact) mass is 524 g/mol. The Morgan fingerprint density at radius 1 is 1.14 bits per heavy atom. The van der Waals surface area contributed by atoms with E-state index < -0.39 is 5.97 Å². The highest BCUT2D eigenvalue weighted by Crippen LogP contribution is 2.40. The Hall–Kier alpha value is -2.93. The Morgan fingerprint density at radius 3 is 2.71 bits per heavy atom. The van der Waals surface area contributed by atoms with Gasteiger partial charge in [-0.05, 0) is 61.1 Å². The van der Waals surface area contributed by atoms with Crippen LogP contribution in [0.15, 0.2) is 48.5 Å². The summed E-state index contributed by atoms with van der Waals surface area (Å²) in [5, 5.41) is 5.19. The first-order valence-electron chi connectivity index (χ1n) is 11.2. The number of amides is 1. The van der Waals surface area contributed by atoms with Crippen LogP contribution in [0.25, 0.3) is 22.2 Å². The number of anilines is 1. The van der Waals surface area contributed by atoms with Crippen molar-refractivity contribution in [2.75, 3.05) is 12.4 Å². The molecule has 8 heteroatoms. The number of pyridine rings is 1. The number of rotatable bonds is 4. The number of nitrogens with one attached hydrogen (secondary N) is 1. The number of halogens is 2. The number of hydrogen-bond acceptors (Lipinski definition) is 5. The van der Waals surface area contributed by atoms with Crippen LogP contribution in [0, 0.1) is 5.92 Å². The molecule has 1 aliphatic rings. The molecule has 0 radical (unpaired) electrons. The third kappa shape index (κ3) is 4.54. The smallest absolute Gasteiger partial charge is 0.341 e. The molecule has 1 atom stereocenters. The number of aromatic nitrogens is 1. The normalized spacial score (nSPS) is 15.0. The van der Waals surface area contributed by atoms with Crippen LogP contribution in [-0.4, -0.2) is 24.0 Å². The zero-order chi connectivity index (χ0) is 24.7. The lowest BCUT2D eigenvalue weighted by atomic mass is 9.88. The predicted octanol–water partition coefficient (Wildman–Crippen LogP) is 7.43. The van der Waals surface area contributed by atoms with Crippen molar-refractivity contribution < 1.29 is 14.3 Å². The summed E-state index contributed by atoms with van der Waals surface area (Å²) in [7, 11) is 1.36. The maximum Gasteiger partial charge on any atom is 0.341 e. The molecule has 1 amide bonds. The van der Waals surface area contributed by atoms with Crippen LogP contribution in [0.2, 0.25) is 10.0 Å². The highest BCUT2D eigenvalue weighted by molar-refractivity contribution is 7.17. The minimum absolute atomic E-state index is 0.327. The average Bonchev–Trinajstić information content (AvgIpc) is 3.19. The molecule has 5 rings (SSSR count). The van der Waals surface area contributed by atoms with E-state index in [0.717, 1.165) is 29.7 Å². The van der Waals surface area contributed by atoms with E-state index in [1.54, 1.807) is 24.3 Å². The number of carbonyl (C=O) groups is 2. The van der Waals surface area contributed by atoms with Gasteiger partial charge in [0.15, 0.2) is 0 Å². The van der Waals surface area contributed by atoms with E-state index in [2.05, 4.69) is 12.2 Å². The van der Waals surface area contributed by atoms with Crippen molar-refractivity contribution in [1.82, 2.24) is 4.98 Å². The van der Waals surface area contributed by atoms with Gasteiger partial charge in [0, 0.05) is 20.8 Å². The van der Waals surface area contributed by atoms with Crippen LogP contribution < -0.4 is 5.32 Å². The molecule has 0 fully saturated rings. The van der Waals surface area contributed by atoms with E-state index in [1.165, 1.54) is 18.4 Å². The molecule has 2 aromatic carbocycles. The van der Waals surface area contributed by atoms with Crippen molar-refractivity contribution in [2.24, 2.45) is 5.92 Å². The van der Waals surface area contributed by atoms with E-state index in [1.807, 2.05) is 24.3 Å². The number of ether oxygens (including phenoxy) is 1. The largest absolute Gasteiger partial charge is 0.465 e. The van der Waals surface area contributed by atoms with Gasteiger partial charge in [0.2, 0.25) is 0 Å². The molecule has 35 heavy (non-hydrogen) atoms. The van der Waals surface area contributed by atoms with Crippen molar-refractivity contribution in [3.63, 3.8) is 0 Å². The molecule has 0 aliphatic heterocycles. The van der Waals surface area contributed by atoms with Gasteiger partial charge in [0.05, 0.1) is 34.5 Å². The Kier molecular flexibility index (Phi) is 6.53. The van der Waals surface area contributed by atoms with Crippen molar-refractivity contribution in [1.29, 1.82) is 0 Å². The number of esters is 1. The van der Waals surface area contributed by atoms with Crippen molar-refractivity contribution in [3.8, 4) is 11.3 Å². The van der Waals surface area contributed by atoms with Crippen LogP contribution in [0.1, 0.15) is 44.5 Å². The third-order valence-corrected chi connectivity index (χ3v) is 8.01.